The van der Waals surface area contributed by atoms with Crippen molar-refractivity contribution in [2.45, 2.75) is 58.3 Å². The standard InChI is InChI=1S/C16H24FNO/c1-4-7-18-16(15-6-5-12(3)19-15)13-8-11(2)9-14(17)10-13/h8-10,12,15-16,18H,4-7H2,1-3H3. The predicted molar refractivity (Wildman–Crippen MR) is 75.7 cm³/mol. The van der Waals surface area contributed by atoms with E-state index < -0.39 is 0 Å². The average Bonchev–Trinajstić information content (AvgIpc) is 2.75. The highest BCUT2D eigenvalue weighted by molar-refractivity contribution is 5.27. The fourth-order valence-corrected chi connectivity index (χ4v) is 2.79. The van der Waals surface area contributed by atoms with Gasteiger partial charge < -0.3 is 10.1 Å². The van der Waals surface area contributed by atoms with E-state index in [1.807, 2.05) is 6.92 Å². The van der Waals surface area contributed by atoms with Gasteiger partial charge in [0.2, 0.25) is 0 Å². The summed E-state index contributed by atoms with van der Waals surface area (Å²) in [7, 11) is 0. The van der Waals surface area contributed by atoms with Crippen molar-refractivity contribution in [2.24, 2.45) is 0 Å². The molecule has 1 aromatic rings. The van der Waals surface area contributed by atoms with Crippen LogP contribution in [0.5, 0.6) is 0 Å². The first-order valence-electron chi connectivity index (χ1n) is 7.26. The topological polar surface area (TPSA) is 21.3 Å². The monoisotopic (exact) mass is 265 g/mol. The summed E-state index contributed by atoms with van der Waals surface area (Å²) < 4.78 is 19.6. The maximum Gasteiger partial charge on any atom is 0.123 e. The van der Waals surface area contributed by atoms with Gasteiger partial charge in [-0.15, -0.1) is 0 Å². The lowest BCUT2D eigenvalue weighted by Gasteiger charge is -2.25. The van der Waals surface area contributed by atoms with E-state index >= 15 is 0 Å². The third kappa shape index (κ3) is 3.77. The first kappa shape index (κ1) is 14.5. The Morgan fingerprint density at radius 3 is 2.74 bits per heavy atom. The van der Waals surface area contributed by atoms with E-state index in [-0.39, 0.29) is 18.0 Å². The summed E-state index contributed by atoms with van der Waals surface area (Å²) in [5.74, 6) is -0.163. The van der Waals surface area contributed by atoms with Gasteiger partial charge in [0.25, 0.3) is 0 Å². The Morgan fingerprint density at radius 1 is 1.37 bits per heavy atom. The van der Waals surface area contributed by atoms with E-state index in [0.29, 0.717) is 6.10 Å². The molecule has 0 amide bonds. The van der Waals surface area contributed by atoms with E-state index in [9.17, 15) is 4.39 Å². The molecule has 2 rings (SSSR count). The Bertz CT molecular complexity index is 401. The molecule has 3 heteroatoms. The molecule has 0 saturated carbocycles. The quantitative estimate of drug-likeness (QED) is 0.875. The Balaban J connectivity index is 2.20. The van der Waals surface area contributed by atoms with Gasteiger partial charge in [-0.2, -0.15) is 0 Å². The average molecular weight is 265 g/mol. The Labute approximate surface area is 115 Å². The molecule has 0 bridgehead atoms. The highest BCUT2D eigenvalue weighted by Crippen LogP contribution is 2.30. The van der Waals surface area contributed by atoms with Gasteiger partial charge in [-0.25, -0.2) is 4.39 Å². The van der Waals surface area contributed by atoms with Gasteiger partial charge in [-0.3, -0.25) is 0 Å². The number of nitrogens with one attached hydrogen (secondary N) is 1. The molecule has 0 radical (unpaired) electrons. The zero-order chi connectivity index (χ0) is 13.8. The van der Waals surface area contributed by atoms with Crippen molar-refractivity contribution >= 4 is 0 Å². The van der Waals surface area contributed by atoms with Crippen LogP contribution in [0.2, 0.25) is 0 Å². The van der Waals surface area contributed by atoms with Crippen LogP contribution in [-0.2, 0) is 4.74 Å². The van der Waals surface area contributed by atoms with Crippen LogP contribution in [0.25, 0.3) is 0 Å². The van der Waals surface area contributed by atoms with Crippen molar-refractivity contribution in [3.8, 4) is 0 Å². The number of halogens is 1. The molecule has 3 unspecified atom stereocenters. The summed E-state index contributed by atoms with van der Waals surface area (Å²) in [6.45, 7) is 7.10. The molecule has 1 heterocycles. The first-order valence-corrected chi connectivity index (χ1v) is 7.26. The van der Waals surface area contributed by atoms with E-state index in [0.717, 1.165) is 36.9 Å². The third-order valence-electron chi connectivity index (χ3n) is 3.67. The molecule has 1 N–H and O–H groups in total. The van der Waals surface area contributed by atoms with Crippen LogP contribution in [0.1, 0.15) is 50.3 Å². The summed E-state index contributed by atoms with van der Waals surface area (Å²) in [5.41, 5.74) is 1.97. The second-order valence-corrected chi connectivity index (χ2v) is 5.56. The highest BCUT2D eigenvalue weighted by atomic mass is 19.1. The molecule has 3 atom stereocenters. The lowest BCUT2D eigenvalue weighted by Crippen LogP contribution is -2.32. The molecule has 1 saturated heterocycles. The summed E-state index contributed by atoms with van der Waals surface area (Å²) in [6.07, 6.45) is 3.65. The predicted octanol–water partition coefficient (Wildman–Crippen LogP) is 3.74. The Morgan fingerprint density at radius 2 is 2.16 bits per heavy atom. The second kappa shape index (κ2) is 6.49. The smallest absolute Gasteiger partial charge is 0.123 e. The van der Waals surface area contributed by atoms with Gasteiger partial charge in [-0.05, 0) is 62.9 Å². The maximum atomic E-state index is 13.6. The molecule has 1 aliphatic heterocycles. The first-order chi connectivity index (χ1) is 9.10. The minimum atomic E-state index is -0.163. The van der Waals surface area contributed by atoms with Gasteiger partial charge >= 0.3 is 0 Å². The molecule has 1 fully saturated rings. The van der Waals surface area contributed by atoms with E-state index in [1.54, 1.807) is 12.1 Å². The van der Waals surface area contributed by atoms with Crippen molar-refractivity contribution in [2.75, 3.05) is 6.54 Å². The fourth-order valence-electron chi connectivity index (χ4n) is 2.79. The Kier molecular flexibility index (Phi) is 4.94. The number of ether oxygens (including phenoxy) is 1. The van der Waals surface area contributed by atoms with Crippen molar-refractivity contribution < 1.29 is 9.13 Å². The molecule has 19 heavy (non-hydrogen) atoms. The lowest BCUT2D eigenvalue weighted by molar-refractivity contribution is 0.0315. The second-order valence-electron chi connectivity index (χ2n) is 5.56. The zero-order valence-electron chi connectivity index (χ0n) is 12.1. The number of hydrogen-bond donors (Lipinski definition) is 1. The van der Waals surface area contributed by atoms with Crippen LogP contribution in [0.3, 0.4) is 0 Å². The van der Waals surface area contributed by atoms with Crippen LogP contribution in [0.4, 0.5) is 4.39 Å². The highest BCUT2D eigenvalue weighted by Gasteiger charge is 2.30. The summed E-state index contributed by atoms with van der Waals surface area (Å²) >= 11 is 0. The summed E-state index contributed by atoms with van der Waals surface area (Å²) in [4.78, 5) is 0. The van der Waals surface area contributed by atoms with E-state index in [4.69, 9.17) is 4.74 Å². The fraction of sp³-hybridized carbons (Fsp3) is 0.625. The molecular formula is C16H24FNO. The zero-order valence-corrected chi connectivity index (χ0v) is 12.1. The van der Waals surface area contributed by atoms with E-state index in [1.165, 1.54) is 0 Å². The molecule has 0 spiro atoms. The third-order valence-corrected chi connectivity index (χ3v) is 3.67. The van der Waals surface area contributed by atoms with Crippen molar-refractivity contribution in [3.05, 3.63) is 35.1 Å². The van der Waals surface area contributed by atoms with Crippen molar-refractivity contribution in [1.29, 1.82) is 0 Å². The number of hydrogen-bond acceptors (Lipinski definition) is 2. The number of benzene rings is 1. The van der Waals surface area contributed by atoms with Crippen LogP contribution in [0, 0.1) is 12.7 Å². The summed E-state index contributed by atoms with van der Waals surface area (Å²) in [6, 6.07) is 5.35. The minimum absolute atomic E-state index is 0.0966. The molecule has 0 aliphatic carbocycles. The minimum Gasteiger partial charge on any atom is -0.373 e. The lowest BCUT2D eigenvalue weighted by atomic mass is 9.97. The van der Waals surface area contributed by atoms with Crippen LogP contribution in [-0.4, -0.2) is 18.8 Å². The van der Waals surface area contributed by atoms with Crippen LogP contribution >= 0.6 is 0 Å². The van der Waals surface area contributed by atoms with Gasteiger partial charge in [0.05, 0.1) is 18.2 Å². The SMILES string of the molecule is CCCNC(c1cc(C)cc(F)c1)C1CCC(C)O1. The van der Waals surface area contributed by atoms with Crippen molar-refractivity contribution in [1.82, 2.24) is 5.32 Å². The Hall–Kier alpha value is -0.930. The molecule has 106 valence electrons. The maximum absolute atomic E-state index is 13.6. The number of aryl methyl sites for hydroxylation is 1. The largest absolute Gasteiger partial charge is 0.373 e. The summed E-state index contributed by atoms with van der Waals surface area (Å²) in [5, 5.41) is 3.51. The van der Waals surface area contributed by atoms with Crippen molar-refractivity contribution in [3.63, 3.8) is 0 Å². The van der Waals surface area contributed by atoms with Gasteiger partial charge in [-0.1, -0.05) is 13.0 Å². The molecule has 0 aromatic heterocycles. The molecule has 1 aromatic carbocycles. The molecule has 1 aliphatic rings. The molecule has 2 nitrogen and oxygen atoms in total. The van der Waals surface area contributed by atoms with E-state index in [2.05, 4.69) is 25.2 Å². The van der Waals surface area contributed by atoms with Crippen LogP contribution < -0.4 is 5.32 Å². The van der Waals surface area contributed by atoms with Crippen LogP contribution in [0.15, 0.2) is 18.2 Å². The van der Waals surface area contributed by atoms with Gasteiger partial charge in [0.15, 0.2) is 0 Å². The van der Waals surface area contributed by atoms with Gasteiger partial charge in [0.1, 0.15) is 5.82 Å². The number of rotatable bonds is 5. The molecular weight excluding hydrogens is 241 g/mol. The normalized spacial score (nSPS) is 24.6. The van der Waals surface area contributed by atoms with Gasteiger partial charge in [0, 0.05) is 0 Å².